The van der Waals surface area contributed by atoms with Gasteiger partial charge in [-0.1, -0.05) is 45.9 Å². The largest absolute Gasteiger partial charge is 0.397 e. The van der Waals surface area contributed by atoms with Gasteiger partial charge in [0.05, 0.1) is 11.4 Å². The van der Waals surface area contributed by atoms with Gasteiger partial charge in [0.25, 0.3) is 0 Å². The van der Waals surface area contributed by atoms with Gasteiger partial charge >= 0.3 is 0 Å². The lowest BCUT2D eigenvalue weighted by Gasteiger charge is -2.17. The molecule has 0 saturated heterocycles. The predicted octanol–water partition coefficient (Wildman–Crippen LogP) is 4.58. The normalized spacial score (nSPS) is 11.3. The van der Waals surface area contributed by atoms with Gasteiger partial charge < -0.3 is 5.73 Å². The fourth-order valence-electron chi connectivity index (χ4n) is 2.28. The van der Waals surface area contributed by atoms with Crippen molar-refractivity contribution in [1.82, 2.24) is 4.98 Å². The molecule has 1 heterocycles. The summed E-state index contributed by atoms with van der Waals surface area (Å²) in [6.07, 6.45) is 1.80. The van der Waals surface area contributed by atoms with E-state index in [2.05, 4.69) is 50.9 Å². The Hall–Kier alpha value is -1.83. The van der Waals surface area contributed by atoms with Crippen LogP contribution in [0, 0.1) is 0 Å². The van der Waals surface area contributed by atoms with Crippen molar-refractivity contribution in [2.24, 2.45) is 0 Å². The number of rotatable bonds is 3. The number of aromatic nitrogens is 1. The second-order valence-electron chi connectivity index (χ2n) is 5.60. The Kier molecular flexibility index (Phi) is 3.89. The Morgan fingerprint density at radius 1 is 1.00 bits per heavy atom. The maximum absolute atomic E-state index is 6.06. The van der Waals surface area contributed by atoms with Crippen LogP contribution in [0.4, 0.5) is 5.69 Å². The molecule has 0 atom stereocenters. The summed E-state index contributed by atoms with van der Waals surface area (Å²) < 4.78 is 0. The number of nitrogens with two attached hydrogens (primary N) is 1. The number of benzene rings is 1. The molecule has 100 valence electrons. The van der Waals surface area contributed by atoms with Crippen molar-refractivity contribution >= 4 is 5.69 Å². The number of nitrogen functional groups attached to an aromatic ring is 1. The van der Waals surface area contributed by atoms with Crippen LogP contribution in [0.3, 0.4) is 0 Å². The summed E-state index contributed by atoms with van der Waals surface area (Å²) in [5, 5.41) is 0. The van der Waals surface area contributed by atoms with Crippen LogP contribution in [-0.2, 0) is 0 Å². The van der Waals surface area contributed by atoms with Crippen molar-refractivity contribution in [3.8, 4) is 11.3 Å². The first-order valence-electron chi connectivity index (χ1n) is 6.85. The van der Waals surface area contributed by atoms with Gasteiger partial charge in [-0.05, 0) is 35.1 Å². The van der Waals surface area contributed by atoms with E-state index in [4.69, 9.17) is 5.73 Å². The molecule has 2 N–H and O–H groups in total. The maximum atomic E-state index is 6.06. The SMILES string of the molecule is CC(C)c1ccc(-c2ncccc2N)c(C(C)C)c1. The molecule has 0 unspecified atom stereocenters. The molecule has 2 aromatic rings. The number of hydrogen-bond donors (Lipinski definition) is 1. The predicted molar refractivity (Wildman–Crippen MR) is 82.3 cm³/mol. The van der Waals surface area contributed by atoms with E-state index in [-0.39, 0.29) is 0 Å². The third kappa shape index (κ3) is 2.78. The molecule has 0 aliphatic rings. The molecule has 0 radical (unpaired) electrons. The quantitative estimate of drug-likeness (QED) is 0.870. The highest BCUT2D eigenvalue weighted by molar-refractivity contribution is 5.75. The van der Waals surface area contributed by atoms with Crippen LogP contribution in [0.1, 0.15) is 50.7 Å². The molecule has 2 nitrogen and oxygen atoms in total. The van der Waals surface area contributed by atoms with Crippen molar-refractivity contribution < 1.29 is 0 Å². The zero-order valence-electron chi connectivity index (χ0n) is 12.1. The minimum Gasteiger partial charge on any atom is -0.397 e. The number of nitrogens with zero attached hydrogens (tertiary/aromatic N) is 1. The van der Waals surface area contributed by atoms with Crippen LogP contribution in [0.25, 0.3) is 11.3 Å². The first kappa shape index (κ1) is 13.6. The Morgan fingerprint density at radius 3 is 2.32 bits per heavy atom. The fraction of sp³-hybridized carbons (Fsp3) is 0.353. The maximum Gasteiger partial charge on any atom is 0.0933 e. The topological polar surface area (TPSA) is 38.9 Å². The van der Waals surface area contributed by atoms with Gasteiger partial charge in [0, 0.05) is 11.8 Å². The standard InChI is InChI=1S/C17H22N2/c1-11(2)13-7-8-14(15(10-13)12(3)4)17-16(18)6-5-9-19-17/h5-12H,18H2,1-4H3. The van der Waals surface area contributed by atoms with Crippen molar-refractivity contribution in [2.75, 3.05) is 5.73 Å². The van der Waals surface area contributed by atoms with Crippen molar-refractivity contribution in [2.45, 2.75) is 39.5 Å². The van der Waals surface area contributed by atoms with E-state index < -0.39 is 0 Å². The van der Waals surface area contributed by atoms with Gasteiger partial charge in [0.2, 0.25) is 0 Å². The molecule has 2 rings (SSSR count). The lowest BCUT2D eigenvalue weighted by molar-refractivity contribution is 0.835. The number of pyridine rings is 1. The summed E-state index contributed by atoms with van der Waals surface area (Å²) in [5.74, 6) is 0.989. The monoisotopic (exact) mass is 254 g/mol. The second kappa shape index (κ2) is 5.43. The average Bonchev–Trinajstić information content (AvgIpc) is 2.38. The van der Waals surface area contributed by atoms with Crippen LogP contribution in [0.15, 0.2) is 36.5 Å². The molecule has 0 saturated carbocycles. The number of anilines is 1. The molecular weight excluding hydrogens is 232 g/mol. The van der Waals surface area contributed by atoms with Gasteiger partial charge in [0.1, 0.15) is 0 Å². The van der Waals surface area contributed by atoms with E-state index in [1.54, 1.807) is 6.20 Å². The summed E-state index contributed by atoms with van der Waals surface area (Å²) in [6.45, 7) is 8.85. The molecule has 0 aliphatic heterocycles. The summed E-state index contributed by atoms with van der Waals surface area (Å²) in [7, 11) is 0. The van der Waals surface area contributed by atoms with Crippen LogP contribution in [0.2, 0.25) is 0 Å². The summed E-state index contributed by atoms with van der Waals surface area (Å²) in [4.78, 5) is 4.44. The van der Waals surface area contributed by atoms with E-state index in [1.165, 1.54) is 11.1 Å². The van der Waals surface area contributed by atoms with Crippen LogP contribution in [-0.4, -0.2) is 4.98 Å². The van der Waals surface area contributed by atoms with Gasteiger partial charge in [-0.3, -0.25) is 4.98 Å². The minimum absolute atomic E-state index is 0.454. The number of hydrogen-bond acceptors (Lipinski definition) is 2. The van der Waals surface area contributed by atoms with Crippen LogP contribution >= 0.6 is 0 Å². The van der Waals surface area contributed by atoms with Crippen molar-refractivity contribution in [1.29, 1.82) is 0 Å². The smallest absolute Gasteiger partial charge is 0.0933 e. The Balaban J connectivity index is 2.61. The summed E-state index contributed by atoms with van der Waals surface area (Å²) in [6, 6.07) is 10.4. The van der Waals surface area contributed by atoms with E-state index in [0.29, 0.717) is 11.8 Å². The highest BCUT2D eigenvalue weighted by Crippen LogP contribution is 2.33. The van der Waals surface area contributed by atoms with E-state index in [9.17, 15) is 0 Å². The zero-order valence-corrected chi connectivity index (χ0v) is 12.1. The van der Waals surface area contributed by atoms with Gasteiger partial charge in [-0.2, -0.15) is 0 Å². The first-order chi connectivity index (χ1) is 9.00. The molecule has 2 heteroatoms. The zero-order chi connectivity index (χ0) is 14.0. The lowest BCUT2D eigenvalue weighted by Crippen LogP contribution is -2.00. The fourth-order valence-corrected chi connectivity index (χ4v) is 2.28. The van der Waals surface area contributed by atoms with E-state index in [0.717, 1.165) is 16.9 Å². The lowest BCUT2D eigenvalue weighted by atomic mass is 9.90. The van der Waals surface area contributed by atoms with Crippen molar-refractivity contribution in [3.63, 3.8) is 0 Å². The van der Waals surface area contributed by atoms with Gasteiger partial charge in [-0.15, -0.1) is 0 Å². The molecule has 0 amide bonds. The van der Waals surface area contributed by atoms with Gasteiger partial charge in [-0.25, -0.2) is 0 Å². The highest BCUT2D eigenvalue weighted by atomic mass is 14.7. The minimum atomic E-state index is 0.454. The van der Waals surface area contributed by atoms with E-state index in [1.807, 2.05) is 12.1 Å². The summed E-state index contributed by atoms with van der Waals surface area (Å²) in [5.41, 5.74) is 11.5. The van der Waals surface area contributed by atoms with Gasteiger partial charge in [0.15, 0.2) is 0 Å². The first-order valence-corrected chi connectivity index (χ1v) is 6.85. The molecule has 0 spiro atoms. The van der Waals surface area contributed by atoms with Crippen molar-refractivity contribution in [3.05, 3.63) is 47.7 Å². The average molecular weight is 254 g/mol. The summed E-state index contributed by atoms with van der Waals surface area (Å²) >= 11 is 0. The third-order valence-corrected chi connectivity index (χ3v) is 3.46. The Morgan fingerprint density at radius 2 is 1.74 bits per heavy atom. The Labute approximate surface area is 115 Å². The molecule has 1 aromatic carbocycles. The second-order valence-corrected chi connectivity index (χ2v) is 5.60. The van der Waals surface area contributed by atoms with Crippen LogP contribution < -0.4 is 5.73 Å². The van der Waals surface area contributed by atoms with Crippen LogP contribution in [0.5, 0.6) is 0 Å². The molecular formula is C17H22N2. The molecule has 0 aliphatic carbocycles. The molecule has 19 heavy (non-hydrogen) atoms. The molecule has 0 bridgehead atoms. The third-order valence-electron chi connectivity index (χ3n) is 3.46. The Bertz CT molecular complexity index is 571. The highest BCUT2D eigenvalue weighted by Gasteiger charge is 2.13. The molecule has 0 fully saturated rings. The molecule has 1 aromatic heterocycles. The van der Waals surface area contributed by atoms with E-state index >= 15 is 0 Å².